The molecule has 0 amide bonds. The fourth-order valence-corrected chi connectivity index (χ4v) is 1.18. The first-order valence-electron chi connectivity index (χ1n) is 4.37. The molecule has 4 heteroatoms. The Morgan fingerprint density at radius 1 is 1.47 bits per heavy atom. The molecule has 3 N–H and O–H groups in total. The minimum Gasteiger partial charge on any atom is -0.478 e. The number of hydrogen-bond donors (Lipinski definition) is 3. The van der Waals surface area contributed by atoms with Crippen LogP contribution in [0, 0.1) is 11.8 Å². The average Bonchev–Trinajstić information content (AvgIpc) is 2.17. The summed E-state index contributed by atoms with van der Waals surface area (Å²) in [6, 6.07) is 4.56. The van der Waals surface area contributed by atoms with Crippen LogP contribution in [-0.4, -0.2) is 16.8 Å². The smallest absolute Gasteiger partial charge is 0.335 e. The predicted octanol–water partition coefficient (Wildman–Crippen LogP) is 1.64. The van der Waals surface area contributed by atoms with Crippen LogP contribution >= 0.6 is 12.6 Å². The van der Waals surface area contributed by atoms with Gasteiger partial charge in [-0.2, -0.15) is 12.6 Å². The van der Waals surface area contributed by atoms with E-state index in [1.807, 2.05) is 0 Å². The van der Waals surface area contributed by atoms with E-state index in [2.05, 4.69) is 24.5 Å². The number of rotatable bonds is 2. The van der Waals surface area contributed by atoms with Crippen molar-refractivity contribution >= 4 is 24.3 Å². The van der Waals surface area contributed by atoms with Gasteiger partial charge in [-0.25, -0.2) is 4.79 Å². The molecule has 0 aliphatic heterocycles. The zero-order chi connectivity index (χ0) is 11.3. The molecule has 1 aromatic carbocycles. The summed E-state index contributed by atoms with van der Waals surface area (Å²) in [5.41, 5.74) is 6.74. The number of benzene rings is 1. The standard InChI is InChI=1S/C11H11NO2S/c12-10-6-8(3-1-2-4-15)5-9(7-10)11(13)14/h5-7,15H,2,4,12H2,(H,13,14). The lowest BCUT2D eigenvalue weighted by atomic mass is 10.1. The van der Waals surface area contributed by atoms with Gasteiger partial charge < -0.3 is 10.8 Å². The van der Waals surface area contributed by atoms with E-state index >= 15 is 0 Å². The topological polar surface area (TPSA) is 63.3 Å². The molecule has 15 heavy (non-hydrogen) atoms. The van der Waals surface area contributed by atoms with Gasteiger partial charge in [-0.1, -0.05) is 11.8 Å². The molecule has 0 aliphatic rings. The van der Waals surface area contributed by atoms with Crippen LogP contribution in [0.5, 0.6) is 0 Å². The molecule has 1 rings (SSSR count). The quantitative estimate of drug-likeness (QED) is 0.404. The highest BCUT2D eigenvalue weighted by atomic mass is 32.1. The molecule has 78 valence electrons. The average molecular weight is 221 g/mol. The minimum atomic E-state index is -1.00. The van der Waals surface area contributed by atoms with Gasteiger partial charge in [0.2, 0.25) is 0 Å². The van der Waals surface area contributed by atoms with Crippen LogP contribution < -0.4 is 5.73 Å². The number of carbonyl (C=O) groups is 1. The molecular formula is C11H11NO2S. The van der Waals surface area contributed by atoms with Gasteiger partial charge in [0.1, 0.15) is 0 Å². The maximum atomic E-state index is 10.7. The highest BCUT2D eigenvalue weighted by Gasteiger charge is 2.04. The van der Waals surface area contributed by atoms with E-state index in [0.29, 0.717) is 23.4 Å². The van der Waals surface area contributed by atoms with Crippen molar-refractivity contribution in [2.24, 2.45) is 0 Å². The molecule has 1 aromatic rings. The van der Waals surface area contributed by atoms with Gasteiger partial charge >= 0.3 is 5.97 Å². The Morgan fingerprint density at radius 3 is 2.80 bits per heavy atom. The fourth-order valence-electron chi connectivity index (χ4n) is 1.07. The van der Waals surface area contributed by atoms with Gasteiger partial charge in [-0.15, -0.1) is 0 Å². The Morgan fingerprint density at radius 2 is 2.20 bits per heavy atom. The third-order valence-corrected chi connectivity index (χ3v) is 1.90. The molecule has 0 saturated carbocycles. The van der Waals surface area contributed by atoms with Gasteiger partial charge in [-0.3, -0.25) is 0 Å². The van der Waals surface area contributed by atoms with Crippen LogP contribution in [0.4, 0.5) is 5.69 Å². The van der Waals surface area contributed by atoms with E-state index in [-0.39, 0.29) is 5.56 Å². The van der Waals surface area contributed by atoms with E-state index < -0.39 is 5.97 Å². The largest absolute Gasteiger partial charge is 0.478 e. The van der Waals surface area contributed by atoms with Crippen molar-refractivity contribution < 1.29 is 9.90 Å². The Hall–Kier alpha value is -1.60. The van der Waals surface area contributed by atoms with E-state index in [9.17, 15) is 4.79 Å². The zero-order valence-corrected chi connectivity index (χ0v) is 8.92. The zero-order valence-electron chi connectivity index (χ0n) is 8.03. The van der Waals surface area contributed by atoms with Crippen molar-refractivity contribution in [2.45, 2.75) is 6.42 Å². The summed E-state index contributed by atoms with van der Waals surface area (Å²) in [6.07, 6.45) is 0.667. The van der Waals surface area contributed by atoms with E-state index in [4.69, 9.17) is 10.8 Å². The Bertz CT molecular complexity index is 432. The highest BCUT2D eigenvalue weighted by Crippen LogP contribution is 2.11. The molecule has 0 heterocycles. The normalized spacial score (nSPS) is 9.13. The van der Waals surface area contributed by atoms with Crippen LogP contribution in [-0.2, 0) is 0 Å². The van der Waals surface area contributed by atoms with Crippen molar-refractivity contribution in [3.63, 3.8) is 0 Å². The summed E-state index contributed by atoms with van der Waals surface area (Å²) in [7, 11) is 0. The summed E-state index contributed by atoms with van der Waals surface area (Å²) in [5, 5.41) is 8.79. The van der Waals surface area contributed by atoms with Crippen molar-refractivity contribution in [2.75, 3.05) is 11.5 Å². The summed E-state index contributed by atoms with van der Waals surface area (Å²) < 4.78 is 0. The fraction of sp³-hybridized carbons (Fsp3) is 0.182. The lowest BCUT2D eigenvalue weighted by Crippen LogP contribution is -1.98. The monoisotopic (exact) mass is 221 g/mol. The third-order valence-electron chi connectivity index (χ3n) is 1.67. The lowest BCUT2D eigenvalue weighted by molar-refractivity contribution is 0.0697. The summed E-state index contributed by atoms with van der Waals surface area (Å²) in [5.74, 6) is 5.39. The summed E-state index contributed by atoms with van der Waals surface area (Å²) >= 11 is 4.02. The van der Waals surface area contributed by atoms with E-state index in [1.165, 1.54) is 12.1 Å². The number of anilines is 1. The number of carboxylic acid groups (broad SMARTS) is 1. The van der Waals surface area contributed by atoms with Crippen LogP contribution in [0.15, 0.2) is 18.2 Å². The first-order chi connectivity index (χ1) is 7.13. The molecule has 0 saturated heterocycles. The summed E-state index contributed by atoms with van der Waals surface area (Å²) in [6.45, 7) is 0. The molecule has 0 aliphatic carbocycles. The van der Waals surface area contributed by atoms with Crippen molar-refractivity contribution in [3.05, 3.63) is 29.3 Å². The van der Waals surface area contributed by atoms with Gasteiger partial charge in [-0.05, 0) is 18.2 Å². The van der Waals surface area contributed by atoms with E-state index in [1.54, 1.807) is 6.07 Å². The third kappa shape index (κ3) is 3.56. The van der Waals surface area contributed by atoms with Crippen molar-refractivity contribution in [1.29, 1.82) is 0 Å². The number of nitrogens with two attached hydrogens (primary N) is 1. The van der Waals surface area contributed by atoms with Gasteiger partial charge in [0.25, 0.3) is 0 Å². The van der Waals surface area contributed by atoms with E-state index in [0.717, 1.165) is 0 Å². The maximum absolute atomic E-state index is 10.7. The molecular weight excluding hydrogens is 210 g/mol. The lowest BCUT2D eigenvalue weighted by Gasteiger charge is -1.98. The molecule has 3 nitrogen and oxygen atoms in total. The SMILES string of the molecule is Nc1cc(C#CCCS)cc(C(=O)O)c1. The molecule has 0 bridgehead atoms. The Balaban J connectivity index is 3.00. The van der Waals surface area contributed by atoms with Crippen LogP contribution in [0.3, 0.4) is 0 Å². The molecule has 0 fully saturated rings. The second kappa shape index (κ2) is 5.32. The highest BCUT2D eigenvalue weighted by molar-refractivity contribution is 7.80. The van der Waals surface area contributed by atoms with Gasteiger partial charge in [0.15, 0.2) is 0 Å². The predicted molar refractivity (Wildman–Crippen MR) is 63.2 cm³/mol. The molecule has 0 atom stereocenters. The first kappa shape index (κ1) is 11.5. The minimum absolute atomic E-state index is 0.158. The number of thiol groups is 1. The first-order valence-corrected chi connectivity index (χ1v) is 5.00. The molecule has 0 spiro atoms. The maximum Gasteiger partial charge on any atom is 0.335 e. The molecule has 0 unspecified atom stereocenters. The Kier molecular flexibility index (Phi) is 4.07. The van der Waals surface area contributed by atoms with Crippen LogP contribution in [0.2, 0.25) is 0 Å². The second-order valence-corrected chi connectivity index (χ2v) is 3.37. The Labute approximate surface area is 93.7 Å². The summed E-state index contributed by atoms with van der Waals surface area (Å²) in [4.78, 5) is 10.7. The van der Waals surface area contributed by atoms with Gasteiger partial charge in [0, 0.05) is 23.4 Å². The van der Waals surface area contributed by atoms with Gasteiger partial charge in [0.05, 0.1) is 5.56 Å². The van der Waals surface area contributed by atoms with Crippen LogP contribution in [0.1, 0.15) is 22.3 Å². The molecule has 0 radical (unpaired) electrons. The van der Waals surface area contributed by atoms with Crippen LogP contribution in [0.25, 0.3) is 0 Å². The number of nitrogen functional groups attached to an aromatic ring is 1. The van der Waals surface area contributed by atoms with Crippen molar-refractivity contribution in [1.82, 2.24) is 0 Å². The number of hydrogen-bond acceptors (Lipinski definition) is 3. The number of aromatic carboxylic acids is 1. The number of carboxylic acids is 1. The molecule has 0 aromatic heterocycles. The van der Waals surface area contributed by atoms with Crippen molar-refractivity contribution in [3.8, 4) is 11.8 Å². The second-order valence-electron chi connectivity index (χ2n) is 2.92.